The van der Waals surface area contributed by atoms with Gasteiger partial charge in [-0.05, 0) is 5.92 Å². The molecule has 0 spiro atoms. The number of nitrogens with zero attached hydrogens (tertiary/aromatic N) is 1. The van der Waals surface area contributed by atoms with E-state index < -0.39 is 12.0 Å². The second-order valence-corrected chi connectivity index (χ2v) is 7.12. The Bertz CT molecular complexity index is 364. The number of nitrogens with one attached hydrogen (secondary N) is 1. The van der Waals surface area contributed by atoms with Gasteiger partial charge in [-0.3, -0.25) is 4.90 Å². The molecule has 1 aliphatic heterocycles. The van der Waals surface area contributed by atoms with Crippen LogP contribution in [0.15, 0.2) is 12.7 Å². The molecule has 7 heteroatoms. The Kier molecular flexibility index (Phi) is 7.29. The molecule has 2 N–H and O–H groups in total. The zero-order chi connectivity index (χ0) is 15.1. The number of rotatable bonds is 7. The van der Waals surface area contributed by atoms with Gasteiger partial charge in [0.05, 0.1) is 5.37 Å². The number of carbonyl (C=O) groups is 2. The summed E-state index contributed by atoms with van der Waals surface area (Å²) in [4.78, 5) is 24.9. The summed E-state index contributed by atoms with van der Waals surface area (Å²) in [7, 11) is 0. The topological polar surface area (TPSA) is 69.6 Å². The van der Waals surface area contributed by atoms with Crippen molar-refractivity contribution in [3.63, 3.8) is 0 Å². The number of urea groups is 1. The van der Waals surface area contributed by atoms with E-state index in [0.29, 0.717) is 12.3 Å². The number of aliphatic carboxylic acids is 1. The second kappa shape index (κ2) is 8.46. The van der Waals surface area contributed by atoms with Crippen LogP contribution in [-0.2, 0) is 4.79 Å². The van der Waals surface area contributed by atoms with Crippen LogP contribution in [0.5, 0.6) is 0 Å². The van der Waals surface area contributed by atoms with E-state index in [9.17, 15) is 14.7 Å². The van der Waals surface area contributed by atoms with Crippen LogP contribution in [-0.4, -0.2) is 57.2 Å². The third-order valence-corrected chi connectivity index (χ3v) is 5.47. The largest absolute Gasteiger partial charge is 0.480 e. The van der Waals surface area contributed by atoms with E-state index in [0.717, 1.165) is 11.5 Å². The van der Waals surface area contributed by atoms with Crippen molar-refractivity contribution >= 4 is 35.5 Å². The van der Waals surface area contributed by atoms with Crippen LogP contribution in [0.25, 0.3) is 0 Å². The lowest BCUT2D eigenvalue weighted by Crippen LogP contribution is -2.51. The predicted octanol–water partition coefficient (Wildman–Crippen LogP) is 2.10. The molecular weight excluding hydrogens is 296 g/mol. The Morgan fingerprint density at radius 3 is 2.85 bits per heavy atom. The van der Waals surface area contributed by atoms with E-state index in [2.05, 4.69) is 11.9 Å². The lowest BCUT2D eigenvalue weighted by atomic mass is 10.2. The number of thioether (sulfide) groups is 2. The van der Waals surface area contributed by atoms with Crippen molar-refractivity contribution < 1.29 is 14.7 Å². The van der Waals surface area contributed by atoms with Gasteiger partial charge in [0.1, 0.15) is 6.04 Å². The molecule has 1 heterocycles. The van der Waals surface area contributed by atoms with E-state index >= 15 is 0 Å². The van der Waals surface area contributed by atoms with E-state index in [-0.39, 0.29) is 17.3 Å². The number of carbonyl (C=O) groups excluding carboxylic acids is 1. The van der Waals surface area contributed by atoms with E-state index in [1.165, 1.54) is 16.7 Å². The molecule has 2 amide bonds. The van der Waals surface area contributed by atoms with Crippen molar-refractivity contribution in [1.29, 1.82) is 0 Å². The van der Waals surface area contributed by atoms with Gasteiger partial charge in [0.2, 0.25) is 0 Å². The Balaban J connectivity index is 2.55. The van der Waals surface area contributed by atoms with Crippen LogP contribution in [0.4, 0.5) is 4.79 Å². The highest BCUT2D eigenvalue weighted by atomic mass is 32.2. The first-order valence-electron chi connectivity index (χ1n) is 6.58. The summed E-state index contributed by atoms with van der Waals surface area (Å²) < 4.78 is 0. The van der Waals surface area contributed by atoms with Gasteiger partial charge in [0.15, 0.2) is 0 Å². The van der Waals surface area contributed by atoms with Crippen molar-refractivity contribution in [2.75, 3.05) is 23.8 Å². The SMILES string of the molecule is C=CCSCCNC(=O)N1C(C(=O)O)CSC1C(C)C. The van der Waals surface area contributed by atoms with E-state index in [1.54, 1.807) is 11.8 Å². The highest BCUT2D eigenvalue weighted by molar-refractivity contribution is 8.00. The first kappa shape index (κ1) is 17.2. The minimum Gasteiger partial charge on any atom is -0.480 e. The van der Waals surface area contributed by atoms with E-state index in [4.69, 9.17) is 0 Å². The third kappa shape index (κ3) is 4.63. The maximum absolute atomic E-state index is 12.2. The average Bonchev–Trinajstić information content (AvgIpc) is 2.83. The Hall–Kier alpha value is -0.820. The first-order valence-corrected chi connectivity index (χ1v) is 8.78. The Morgan fingerprint density at radius 1 is 1.60 bits per heavy atom. The quantitative estimate of drug-likeness (QED) is 0.556. The minimum absolute atomic E-state index is 0.0723. The standard InChI is InChI=1S/C13H22N2O3S2/c1-4-6-19-7-5-14-13(18)15-10(12(16)17)8-20-11(15)9(2)3/h4,9-11H,1,5-8H2,2-3H3,(H,14,18)(H,16,17). The van der Waals surface area contributed by atoms with Gasteiger partial charge in [-0.15, -0.1) is 18.3 Å². The van der Waals surface area contributed by atoms with Crippen LogP contribution in [0.1, 0.15) is 13.8 Å². The molecule has 20 heavy (non-hydrogen) atoms. The molecule has 1 saturated heterocycles. The molecule has 2 unspecified atom stereocenters. The zero-order valence-electron chi connectivity index (χ0n) is 11.9. The molecule has 5 nitrogen and oxygen atoms in total. The molecule has 0 saturated carbocycles. The summed E-state index contributed by atoms with van der Waals surface area (Å²) in [5, 5.41) is 12.0. The van der Waals surface area contributed by atoms with Crippen LogP contribution in [0.2, 0.25) is 0 Å². The van der Waals surface area contributed by atoms with Crippen LogP contribution in [0, 0.1) is 5.92 Å². The third-order valence-electron chi connectivity index (χ3n) is 2.88. The van der Waals surface area contributed by atoms with Crippen molar-refractivity contribution in [2.24, 2.45) is 5.92 Å². The molecule has 0 aromatic carbocycles. The summed E-state index contributed by atoms with van der Waals surface area (Å²) in [6.07, 6.45) is 1.82. The number of amides is 2. The van der Waals surface area contributed by atoms with Gasteiger partial charge in [-0.1, -0.05) is 19.9 Å². The molecule has 0 aromatic heterocycles. The van der Waals surface area contributed by atoms with Crippen molar-refractivity contribution in [1.82, 2.24) is 10.2 Å². The lowest BCUT2D eigenvalue weighted by Gasteiger charge is -2.29. The molecule has 1 fully saturated rings. The van der Waals surface area contributed by atoms with Gasteiger partial charge >= 0.3 is 12.0 Å². The maximum atomic E-state index is 12.2. The highest BCUT2D eigenvalue weighted by Crippen LogP contribution is 2.33. The lowest BCUT2D eigenvalue weighted by molar-refractivity contribution is -0.141. The number of carboxylic acids is 1. The summed E-state index contributed by atoms with van der Waals surface area (Å²) in [6.45, 7) is 8.17. The molecule has 114 valence electrons. The first-order chi connectivity index (χ1) is 9.49. The van der Waals surface area contributed by atoms with Gasteiger partial charge in [0.25, 0.3) is 0 Å². The molecule has 0 bridgehead atoms. The maximum Gasteiger partial charge on any atom is 0.327 e. The normalized spacial score (nSPS) is 22.1. The van der Waals surface area contributed by atoms with Gasteiger partial charge in [0, 0.05) is 23.8 Å². The molecule has 1 rings (SSSR count). The molecule has 2 atom stereocenters. The van der Waals surface area contributed by atoms with Crippen molar-refractivity contribution in [3.05, 3.63) is 12.7 Å². The monoisotopic (exact) mass is 318 g/mol. The van der Waals surface area contributed by atoms with E-state index in [1.807, 2.05) is 19.9 Å². The summed E-state index contributed by atoms with van der Waals surface area (Å²) in [5.74, 6) is 1.39. The fourth-order valence-corrected chi connectivity index (χ4v) is 4.03. The van der Waals surface area contributed by atoms with Crippen molar-refractivity contribution in [3.8, 4) is 0 Å². The molecule has 0 aromatic rings. The predicted molar refractivity (Wildman–Crippen MR) is 85.3 cm³/mol. The van der Waals surface area contributed by atoms with Crippen molar-refractivity contribution in [2.45, 2.75) is 25.3 Å². The minimum atomic E-state index is -0.933. The molecule has 0 aliphatic carbocycles. The van der Waals surface area contributed by atoms with Crippen LogP contribution < -0.4 is 5.32 Å². The van der Waals surface area contributed by atoms with Crippen LogP contribution >= 0.6 is 23.5 Å². The number of hydrogen-bond acceptors (Lipinski definition) is 4. The Labute approximate surface area is 128 Å². The fraction of sp³-hybridized carbons (Fsp3) is 0.692. The highest BCUT2D eigenvalue weighted by Gasteiger charge is 2.42. The Morgan fingerprint density at radius 2 is 2.30 bits per heavy atom. The van der Waals surface area contributed by atoms with Gasteiger partial charge in [-0.25, -0.2) is 9.59 Å². The van der Waals surface area contributed by atoms with Crippen LogP contribution in [0.3, 0.4) is 0 Å². The fourth-order valence-electron chi connectivity index (χ4n) is 1.98. The second-order valence-electron chi connectivity index (χ2n) is 4.82. The van der Waals surface area contributed by atoms with Gasteiger partial charge < -0.3 is 10.4 Å². The zero-order valence-corrected chi connectivity index (χ0v) is 13.5. The summed E-state index contributed by atoms with van der Waals surface area (Å²) >= 11 is 3.22. The average molecular weight is 318 g/mol. The van der Waals surface area contributed by atoms with Gasteiger partial charge in [-0.2, -0.15) is 11.8 Å². The molecule has 1 aliphatic rings. The number of carboxylic acid groups (broad SMARTS) is 1. The molecular formula is C13H22N2O3S2. The number of hydrogen-bond donors (Lipinski definition) is 2. The summed E-state index contributed by atoms with van der Waals surface area (Å²) in [5.41, 5.74) is 0. The smallest absolute Gasteiger partial charge is 0.327 e. The summed E-state index contributed by atoms with van der Waals surface area (Å²) in [6, 6.07) is -1.01. The molecule has 0 radical (unpaired) electrons.